The van der Waals surface area contributed by atoms with Gasteiger partial charge in [-0.1, -0.05) is 37.1 Å². The van der Waals surface area contributed by atoms with Gasteiger partial charge < -0.3 is 0 Å². The number of nitrogens with one attached hydrogen (secondary N) is 1. The Labute approximate surface area is 122 Å². The Morgan fingerprint density at radius 3 is 2.30 bits per heavy atom. The first-order valence-corrected chi connectivity index (χ1v) is 8.77. The zero-order chi connectivity index (χ0) is 14.6. The highest BCUT2D eigenvalue weighted by molar-refractivity contribution is 7.87. The van der Waals surface area contributed by atoms with Crippen LogP contribution < -0.4 is 4.72 Å². The number of hydrogen-bond acceptors (Lipinski definition) is 2. The van der Waals surface area contributed by atoms with Crippen LogP contribution in [0.2, 0.25) is 0 Å². The summed E-state index contributed by atoms with van der Waals surface area (Å²) in [6.45, 7) is 5.18. The molecule has 1 aliphatic heterocycles. The van der Waals surface area contributed by atoms with Crippen LogP contribution in [0.5, 0.6) is 0 Å². The standard InChI is InChI=1S/C15H24N2O2S/c1-13-9-5-6-10-15(13)14(2)16-20(18,19)17-11-7-3-4-8-12-17/h5-6,9-10,14,16H,3-4,7-8,11-12H2,1-2H3. The Morgan fingerprint density at radius 2 is 1.70 bits per heavy atom. The maximum atomic E-state index is 12.4. The molecule has 1 heterocycles. The Kier molecular flexibility index (Phi) is 5.18. The molecule has 0 aliphatic carbocycles. The smallest absolute Gasteiger partial charge is 0.195 e. The summed E-state index contributed by atoms with van der Waals surface area (Å²) in [4.78, 5) is 0. The molecule has 0 aromatic heterocycles. The molecule has 1 N–H and O–H groups in total. The van der Waals surface area contributed by atoms with Crippen LogP contribution in [0.4, 0.5) is 0 Å². The summed E-state index contributed by atoms with van der Waals surface area (Å²) in [5.41, 5.74) is 2.14. The lowest BCUT2D eigenvalue weighted by Crippen LogP contribution is -2.42. The van der Waals surface area contributed by atoms with Crippen LogP contribution in [-0.4, -0.2) is 25.8 Å². The number of aryl methyl sites for hydroxylation is 1. The van der Waals surface area contributed by atoms with Gasteiger partial charge in [-0.05, 0) is 37.8 Å². The van der Waals surface area contributed by atoms with E-state index in [1.165, 1.54) is 0 Å². The van der Waals surface area contributed by atoms with Gasteiger partial charge in [-0.2, -0.15) is 17.4 Å². The van der Waals surface area contributed by atoms with Crippen LogP contribution in [0, 0.1) is 6.92 Å². The summed E-state index contributed by atoms with van der Waals surface area (Å²) in [7, 11) is -3.39. The number of rotatable bonds is 4. The van der Waals surface area contributed by atoms with Crippen LogP contribution in [0.3, 0.4) is 0 Å². The average Bonchev–Trinajstić information content (AvgIpc) is 2.68. The third kappa shape index (κ3) is 3.81. The van der Waals surface area contributed by atoms with E-state index < -0.39 is 10.2 Å². The van der Waals surface area contributed by atoms with E-state index in [0.717, 1.165) is 36.8 Å². The minimum absolute atomic E-state index is 0.204. The summed E-state index contributed by atoms with van der Waals surface area (Å²) in [5.74, 6) is 0. The fourth-order valence-corrected chi connectivity index (χ4v) is 4.18. The molecule has 0 bridgehead atoms. The molecule has 1 atom stereocenters. The Morgan fingerprint density at radius 1 is 1.10 bits per heavy atom. The third-order valence-corrected chi connectivity index (χ3v) is 5.58. The van der Waals surface area contributed by atoms with Gasteiger partial charge >= 0.3 is 0 Å². The Bertz CT molecular complexity index is 535. The normalized spacial score (nSPS) is 19.5. The van der Waals surface area contributed by atoms with Crippen LogP contribution in [0.1, 0.15) is 49.8 Å². The maximum Gasteiger partial charge on any atom is 0.279 e. The second-order valence-electron chi connectivity index (χ2n) is 5.51. The predicted molar refractivity (Wildman–Crippen MR) is 81.7 cm³/mol. The number of nitrogens with zero attached hydrogens (tertiary/aromatic N) is 1. The summed E-state index contributed by atoms with van der Waals surface area (Å²) in [6, 6.07) is 7.69. The Balaban J connectivity index is 2.09. The predicted octanol–water partition coefficient (Wildman–Crippen LogP) is 2.77. The van der Waals surface area contributed by atoms with Crippen molar-refractivity contribution in [3.8, 4) is 0 Å². The van der Waals surface area contributed by atoms with E-state index >= 15 is 0 Å². The highest BCUT2D eigenvalue weighted by Crippen LogP contribution is 2.19. The van der Waals surface area contributed by atoms with Gasteiger partial charge in [-0.3, -0.25) is 0 Å². The molecule has 0 saturated carbocycles. The first-order valence-electron chi connectivity index (χ1n) is 7.33. The molecule has 20 heavy (non-hydrogen) atoms. The lowest BCUT2D eigenvalue weighted by Gasteiger charge is -2.24. The van der Waals surface area contributed by atoms with E-state index in [2.05, 4.69) is 4.72 Å². The van der Waals surface area contributed by atoms with Gasteiger partial charge in [-0.15, -0.1) is 0 Å². The molecule has 1 aromatic carbocycles. The van der Waals surface area contributed by atoms with Crippen molar-refractivity contribution in [3.05, 3.63) is 35.4 Å². The zero-order valence-electron chi connectivity index (χ0n) is 12.3. The minimum atomic E-state index is -3.39. The fraction of sp³-hybridized carbons (Fsp3) is 0.600. The van der Waals surface area contributed by atoms with Crippen LogP contribution >= 0.6 is 0 Å². The molecule has 0 radical (unpaired) electrons. The fourth-order valence-electron chi connectivity index (χ4n) is 2.72. The molecule has 1 fully saturated rings. The molecule has 1 aromatic rings. The lowest BCUT2D eigenvalue weighted by atomic mass is 10.0. The molecular weight excluding hydrogens is 272 g/mol. The Hall–Kier alpha value is -0.910. The van der Waals surface area contributed by atoms with E-state index in [1.807, 2.05) is 38.1 Å². The van der Waals surface area contributed by atoms with E-state index in [4.69, 9.17) is 0 Å². The quantitative estimate of drug-likeness (QED) is 0.929. The summed E-state index contributed by atoms with van der Waals surface area (Å²) >= 11 is 0. The van der Waals surface area contributed by atoms with Gasteiger partial charge in [0, 0.05) is 19.1 Å². The zero-order valence-corrected chi connectivity index (χ0v) is 13.1. The maximum absolute atomic E-state index is 12.4. The third-order valence-electron chi connectivity index (χ3n) is 3.89. The van der Waals surface area contributed by atoms with Crippen molar-refractivity contribution in [2.24, 2.45) is 0 Å². The largest absolute Gasteiger partial charge is 0.279 e. The molecule has 0 amide bonds. The van der Waals surface area contributed by atoms with E-state index in [-0.39, 0.29) is 6.04 Å². The van der Waals surface area contributed by atoms with E-state index in [0.29, 0.717) is 13.1 Å². The minimum Gasteiger partial charge on any atom is -0.195 e. The van der Waals surface area contributed by atoms with E-state index in [9.17, 15) is 8.42 Å². The second kappa shape index (κ2) is 6.70. The summed E-state index contributed by atoms with van der Waals surface area (Å²) < 4.78 is 29.3. The van der Waals surface area contributed by atoms with Crippen LogP contribution in [0.25, 0.3) is 0 Å². The van der Waals surface area contributed by atoms with Gasteiger partial charge in [-0.25, -0.2) is 0 Å². The van der Waals surface area contributed by atoms with Gasteiger partial charge in [0.1, 0.15) is 0 Å². The highest BCUT2D eigenvalue weighted by Gasteiger charge is 2.25. The molecule has 1 aliphatic rings. The number of benzene rings is 1. The first kappa shape index (κ1) is 15.5. The average molecular weight is 296 g/mol. The van der Waals surface area contributed by atoms with E-state index in [1.54, 1.807) is 4.31 Å². The van der Waals surface area contributed by atoms with Gasteiger partial charge in [0.25, 0.3) is 10.2 Å². The van der Waals surface area contributed by atoms with Crippen molar-refractivity contribution in [1.82, 2.24) is 9.03 Å². The highest BCUT2D eigenvalue weighted by atomic mass is 32.2. The van der Waals surface area contributed by atoms with Gasteiger partial charge in [0.2, 0.25) is 0 Å². The first-order chi connectivity index (χ1) is 9.50. The van der Waals surface area contributed by atoms with Crippen molar-refractivity contribution in [1.29, 1.82) is 0 Å². The molecule has 1 saturated heterocycles. The van der Waals surface area contributed by atoms with Crippen molar-refractivity contribution in [2.45, 2.75) is 45.6 Å². The van der Waals surface area contributed by atoms with Crippen molar-refractivity contribution in [2.75, 3.05) is 13.1 Å². The van der Waals surface area contributed by atoms with Crippen molar-refractivity contribution < 1.29 is 8.42 Å². The molecule has 0 spiro atoms. The molecule has 2 rings (SSSR count). The monoisotopic (exact) mass is 296 g/mol. The number of hydrogen-bond donors (Lipinski definition) is 1. The van der Waals surface area contributed by atoms with Crippen LogP contribution in [-0.2, 0) is 10.2 Å². The molecule has 112 valence electrons. The second-order valence-corrected chi connectivity index (χ2v) is 7.22. The summed E-state index contributed by atoms with van der Waals surface area (Å²) in [5, 5.41) is 0. The van der Waals surface area contributed by atoms with Crippen molar-refractivity contribution >= 4 is 10.2 Å². The molecule has 5 heteroatoms. The van der Waals surface area contributed by atoms with Crippen LogP contribution in [0.15, 0.2) is 24.3 Å². The molecule has 4 nitrogen and oxygen atoms in total. The molecular formula is C15H24N2O2S. The SMILES string of the molecule is Cc1ccccc1C(C)NS(=O)(=O)N1CCCCCC1. The molecule has 1 unspecified atom stereocenters. The van der Waals surface area contributed by atoms with Gasteiger partial charge in [0.15, 0.2) is 0 Å². The van der Waals surface area contributed by atoms with Gasteiger partial charge in [0.05, 0.1) is 0 Å². The topological polar surface area (TPSA) is 49.4 Å². The lowest BCUT2D eigenvalue weighted by molar-refractivity contribution is 0.409. The summed E-state index contributed by atoms with van der Waals surface area (Å²) in [6.07, 6.45) is 4.16. The van der Waals surface area contributed by atoms with Crippen molar-refractivity contribution in [3.63, 3.8) is 0 Å².